The Morgan fingerprint density at radius 2 is 1.79 bits per heavy atom. The van der Waals surface area contributed by atoms with Crippen molar-refractivity contribution < 1.29 is 0 Å². The molecule has 0 atom stereocenters. The number of halogens is 2. The highest BCUT2D eigenvalue weighted by molar-refractivity contribution is 6.39. The molecule has 0 unspecified atom stereocenters. The van der Waals surface area contributed by atoms with E-state index < -0.39 is 0 Å². The Morgan fingerprint density at radius 3 is 2.47 bits per heavy atom. The lowest BCUT2D eigenvalue weighted by molar-refractivity contribution is 1.11. The fraction of sp³-hybridized carbons (Fsp3) is 0. The fourth-order valence-electron chi connectivity index (χ4n) is 1.84. The molecule has 0 aliphatic heterocycles. The van der Waals surface area contributed by atoms with Crippen LogP contribution in [0.25, 0.3) is 17.0 Å². The van der Waals surface area contributed by atoms with E-state index in [0.29, 0.717) is 32.6 Å². The summed E-state index contributed by atoms with van der Waals surface area (Å²) in [4.78, 5) is 0. The number of hydrogen-bond acceptors (Lipinski definition) is 3. The minimum absolute atomic E-state index is 0.490. The number of fused-ring (bicyclic) bond motifs is 1. The third kappa shape index (κ3) is 1.93. The first kappa shape index (κ1) is 12.0. The zero-order chi connectivity index (χ0) is 13.4. The quantitative estimate of drug-likeness (QED) is 0.688. The number of pyridine rings is 1. The van der Waals surface area contributed by atoms with Gasteiger partial charge < -0.3 is 0 Å². The molecule has 0 aliphatic rings. The highest BCUT2D eigenvalue weighted by Crippen LogP contribution is 2.33. The van der Waals surface area contributed by atoms with Gasteiger partial charge in [0.05, 0.1) is 21.2 Å². The highest BCUT2D eigenvalue weighted by Gasteiger charge is 2.15. The van der Waals surface area contributed by atoms with Crippen LogP contribution in [-0.4, -0.2) is 14.6 Å². The van der Waals surface area contributed by atoms with Crippen molar-refractivity contribution in [1.29, 1.82) is 5.26 Å². The SMILES string of the molecule is N#Cc1ccc2nnc(-c3c(Cl)cccc3Cl)n2c1. The van der Waals surface area contributed by atoms with Gasteiger partial charge in [0.25, 0.3) is 0 Å². The molecule has 1 aromatic carbocycles. The number of benzene rings is 1. The van der Waals surface area contributed by atoms with Gasteiger partial charge >= 0.3 is 0 Å². The summed E-state index contributed by atoms with van der Waals surface area (Å²) in [7, 11) is 0. The molecule has 0 aliphatic carbocycles. The predicted octanol–water partition coefficient (Wildman–Crippen LogP) is 3.57. The molecule has 0 fully saturated rings. The van der Waals surface area contributed by atoms with E-state index in [0.717, 1.165) is 0 Å². The van der Waals surface area contributed by atoms with Crippen molar-refractivity contribution in [2.75, 3.05) is 0 Å². The summed E-state index contributed by atoms with van der Waals surface area (Å²) in [5, 5.41) is 18.1. The molecule has 0 saturated heterocycles. The molecule has 0 bridgehead atoms. The van der Waals surface area contributed by atoms with Crippen molar-refractivity contribution in [3.05, 3.63) is 52.1 Å². The lowest BCUT2D eigenvalue weighted by Crippen LogP contribution is -1.92. The molecule has 0 amide bonds. The second kappa shape index (κ2) is 4.54. The zero-order valence-electron chi connectivity index (χ0n) is 9.51. The van der Waals surface area contributed by atoms with Crippen molar-refractivity contribution >= 4 is 28.8 Å². The Morgan fingerprint density at radius 1 is 1.05 bits per heavy atom. The Labute approximate surface area is 118 Å². The van der Waals surface area contributed by atoms with Gasteiger partial charge in [-0.1, -0.05) is 29.3 Å². The maximum Gasteiger partial charge on any atom is 0.171 e. The van der Waals surface area contributed by atoms with Gasteiger partial charge in [-0.2, -0.15) is 5.26 Å². The lowest BCUT2D eigenvalue weighted by Gasteiger charge is -2.05. The number of rotatable bonds is 1. The van der Waals surface area contributed by atoms with Gasteiger partial charge in [-0.25, -0.2) is 0 Å². The van der Waals surface area contributed by atoms with Crippen LogP contribution >= 0.6 is 23.2 Å². The van der Waals surface area contributed by atoms with Crippen molar-refractivity contribution in [3.63, 3.8) is 0 Å². The Bertz CT molecular complexity index is 797. The van der Waals surface area contributed by atoms with Crippen LogP contribution in [0.2, 0.25) is 10.0 Å². The Kier molecular flexibility index (Phi) is 2.86. The van der Waals surface area contributed by atoms with Crippen LogP contribution in [0.1, 0.15) is 5.56 Å². The molecule has 0 N–H and O–H groups in total. The van der Waals surface area contributed by atoms with E-state index >= 15 is 0 Å². The van der Waals surface area contributed by atoms with E-state index in [2.05, 4.69) is 16.3 Å². The second-order valence-corrected chi connectivity index (χ2v) is 4.69. The van der Waals surface area contributed by atoms with Crippen LogP contribution in [0.3, 0.4) is 0 Å². The minimum atomic E-state index is 0.490. The summed E-state index contributed by atoms with van der Waals surface area (Å²) < 4.78 is 1.70. The molecule has 2 heterocycles. The standard InChI is InChI=1S/C13H6Cl2N4/c14-9-2-1-3-10(15)12(9)13-18-17-11-5-4-8(6-16)7-19(11)13/h1-5,7H. The summed E-state index contributed by atoms with van der Waals surface area (Å²) >= 11 is 12.3. The van der Waals surface area contributed by atoms with E-state index in [-0.39, 0.29) is 0 Å². The molecule has 6 heteroatoms. The molecular formula is C13H6Cl2N4. The topological polar surface area (TPSA) is 54.0 Å². The fourth-order valence-corrected chi connectivity index (χ4v) is 2.41. The maximum atomic E-state index is 8.95. The van der Waals surface area contributed by atoms with Gasteiger partial charge in [0.15, 0.2) is 11.5 Å². The molecule has 2 aromatic heterocycles. The Balaban J connectivity index is 2.34. The van der Waals surface area contributed by atoms with Crippen LogP contribution < -0.4 is 0 Å². The first-order valence-corrected chi connectivity index (χ1v) is 6.15. The van der Waals surface area contributed by atoms with Crippen molar-refractivity contribution in [2.45, 2.75) is 0 Å². The third-order valence-corrected chi connectivity index (χ3v) is 3.35. The maximum absolute atomic E-state index is 8.95. The number of hydrogen-bond donors (Lipinski definition) is 0. The largest absolute Gasteiger partial charge is 0.281 e. The van der Waals surface area contributed by atoms with E-state index in [4.69, 9.17) is 28.5 Å². The molecule has 0 saturated carbocycles. The van der Waals surface area contributed by atoms with Crippen LogP contribution in [0.5, 0.6) is 0 Å². The summed E-state index contributed by atoms with van der Waals surface area (Å²) in [6.07, 6.45) is 1.66. The van der Waals surface area contributed by atoms with Crippen LogP contribution in [0, 0.1) is 11.3 Å². The molecule has 0 radical (unpaired) electrons. The van der Waals surface area contributed by atoms with Crippen LogP contribution in [-0.2, 0) is 0 Å². The van der Waals surface area contributed by atoms with Gasteiger partial charge in [-0.05, 0) is 24.3 Å². The zero-order valence-corrected chi connectivity index (χ0v) is 11.0. The van der Waals surface area contributed by atoms with Crippen molar-refractivity contribution in [1.82, 2.24) is 14.6 Å². The average molecular weight is 289 g/mol. The van der Waals surface area contributed by atoms with Crippen LogP contribution in [0.15, 0.2) is 36.5 Å². The van der Waals surface area contributed by atoms with Crippen molar-refractivity contribution in [3.8, 4) is 17.5 Å². The van der Waals surface area contributed by atoms with E-state index in [1.165, 1.54) is 0 Å². The van der Waals surface area contributed by atoms with Gasteiger partial charge in [0.1, 0.15) is 6.07 Å². The van der Waals surface area contributed by atoms with Gasteiger partial charge in [0, 0.05) is 6.20 Å². The normalized spacial score (nSPS) is 10.6. The Hall–Kier alpha value is -2.09. The van der Waals surface area contributed by atoms with Crippen molar-refractivity contribution in [2.24, 2.45) is 0 Å². The summed E-state index contributed by atoms with van der Waals surface area (Å²) in [5.74, 6) is 0.516. The predicted molar refractivity (Wildman–Crippen MR) is 73.2 cm³/mol. The van der Waals surface area contributed by atoms with Crippen LogP contribution in [0.4, 0.5) is 0 Å². The molecular weight excluding hydrogens is 283 g/mol. The molecule has 3 rings (SSSR count). The van der Waals surface area contributed by atoms with E-state index in [1.807, 2.05) is 0 Å². The molecule has 92 valence electrons. The lowest BCUT2D eigenvalue weighted by atomic mass is 10.2. The first-order chi connectivity index (χ1) is 9.20. The number of aromatic nitrogens is 3. The number of nitrogens with zero attached hydrogens (tertiary/aromatic N) is 4. The first-order valence-electron chi connectivity index (χ1n) is 5.40. The highest BCUT2D eigenvalue weighted by atomic mass is 35.5. The van der Waals surface area contributed by atoms with Gasteiger partial charge in [-0.15, -0.1) is 10.2 Å². The van der Waals surface area contributed by atoms with Gasteiger partial charge in [-0.3, -0.25) is 4.40 Å². The molecule has 0 spiro atoms. The summed E-state index contributed by atoms with van der Waals surface area (Å²) in [6, 6.07) is 10.7. The molecule has 4 nitrogen and oxygen atoms in total. The average Bonchev–Trinajstić information content (AvgIpc) is 2.81. The molecule has 3 aromatic rings. The minimum Gasteiger partial charge on any atom is -0.281 e. The third-order valence-electron chi connectivity index (χ3n) is 2.72. The molecule has 19 heavy (non-hydrogen) atoms. The van der Waals surface area contributed by atoms with Gasteiger partial charge in [0.2, 0.25) is 0 Å². The smallest absolute Gasteiger partial charge is 0.171 e. The van der Waals surface area contributed by atoms with E-state index in [1.54, 1.807) is 40.9 Å². The van der Waals surface area contributed by atoms with E-state index in [9.17, 15) is 0 Å². The monoisotopic (exact) mass is 288 g/mol. The summed E-state index contributed by atoms with van der Waals surface area (Å²) in [5.41, 5.74) is 1.75. The number of nitriles is 1. The summed E-state index contributed by atoms with van der Waals surface area (Å²) in [6.45, 7) is 0. The second-order valence-electron chi connectivity index (χ2n) is 3.88.